The van der Waals surface area contributed by atoms with Crippen molar-refractivity contribution in [2.24, 2.45) is 4.99 Å². The highest BCUT2D eigenvalue weighted by Crippen LogP contribution is 2.33. The second kappa shape index (κ2) is 12.3. The van der Waals surface area contributed by atoms with Gasteiger partial charge in [0.05, 0.1) is 33.1 Å². The normalized spacial score (nSPS) is 16.1. The monoisotopic (exact) mass is 519 g/mol. The van der Waals surface area contributed by atoms with Gasteiger partial charge in [-0.2, -0.15) is 0 Å². The van der Waals surface area contributed by atoms with Crippen molar-refractivity contribution in [2.45, 2.75) is 25.1 Å². The van der Waals surface area contributed by atoms with E-state index in [0.717, 1.165) is 22.8 Å². The van der Waals surface area contributed by atoms with Gasteiger partial charge < -0.3 is 19.5 Å². The summed E-state index contributed by atoms with van der Waals surface area (Å²) in [6.07, 6.45) is 0.0253. The molecule has 0 aliphatic carbocycles. The van der Waals surface area contributed by atoms with Gasteiger partial charge in [0.2, 0.25) is 11.8 Å². The van der Waals surface area contributed by atoms with Crippen LogP contribution in [0.2, 0.25) is 0 Å². The number of amides is 2. The third-order valence-corrected chi connectivity index (χ3v) is 6.81. The number of hydrogen-bond acceptors (Lipinski definition) is 7. The van der Waals surface area contributed by atoms with E-state index in [4.69, 9.17) is 19.2 Å². The number of anilines is 1. The zero-order chi connectivity index (χ0) is 26.2. The molecule has 0 saturated carbocycles. The Labute approximate surface area is 220 Å². The lowest BCUT2D eigenvalue weighted by atomic mass is 10.2. The van der Waals surface area contributed by atoms with E-state index in [1.165, 1.54) is 11.8 Å². The van der Waals surface area contributed by atoms with E-state index in [9.17, 15) is 9.59 Å². The molecule has 3 aromatic carbocycles. The zero-order valence-electron chi connectivity index (χ0n) is 21.0. The third-order valence-electron chi connectivity index (χ3n) is 5.64. The smallest absolute Gasteiger partial charge is 0.242 e. The van der Waals surface area contributed by atoms with E-state index in [1.807, 2.05) is 55.5 Å². The number of amidine groups is 1. The molecule has 3 aromatic rings. The zero-order valence-corrected chi connectivity index (χ0v) is 21.8. The molecule has 1 aliphatic rings. The molecule has 0 spiro atoms. The Kier molecular flexibility index (Phi) is 8.68. The Morgan fingerprint density at radius 1 is 0.919 bits per heavy atom. The number of hydrogen-bond donors (Lipinski definition) is 1. The Morgan fingerprint density at radius 3 is 2.11 bits per heavy atom. The molecular weight excluding hydrogens is 490 g/mol. The number of carbonyl (C=O) groups excluding carboxylic acids is 2. The minimum Gasteiger partial charge on any atom is -0.497 e. The lowest BCUT2D eigenvalue weighted by Crippen LogP contribution is -2.33. The van der Waals surface area contributed by atoms with Crippen molar-refractivity contribution < 1.29 is 23.8 Å². The van der Waals surface area contributed by atoms with Gasteiger partial charge >= 0.3 is 0 Å². The SMILES string of the molecule is CCOc1ccc(NC(=O)C[C@H]2SC(=Nc3ccc(OC)cc3)N(Cc3ccc(OC)cc3)C2=O)cc1. The summed E-state index contributed by atoms with van der Waals surface area (Å²) in [4.78, 5) is 32.6. The van der Waals surface area contributed by atoms with Gasteiger partial charge in [-0.1, -0.05) is 23.9 Å². The molecule has 37 heavy (non-hydrogen) atoms. The first-order valence-electron chi connectivity index (χ1n) is 11.9. The van der Waals surface area contributed by atoms with E-state index in [0.29, 0.717) is 29.7 Å². The van der Waals surface area contributed by atoms with Gasteiger partial charge in [0.25, 0.3) is 0 Å². The fourth-order valence-corrected chi connectivity index (χ4v) is 4.89. The van der Waals surface area contributed by atoms with Crippen LogP contribution in [0.1, 0.15) is 18.9 Å². The average Bonchev–Trinajstić information content (AvgIpc) is 3.19. The van der Waals surface area contributed by atoms with Crippen LogP contribution in [0.4, 0.5) is 11.4 Å². The first kappa shape index (κ1) is 26.1. The molecule has 192 valence electrons. The number of nitrogens with zero attached hydrogens (tertiary/aromatic N) is 2. The molecule has 0 bridgehead atoms. The van der Waals surface area contributed by atoms with Crippen LogP contribution >= 0.6 is 11.8 Å². The molecule has 0 aromatic heterocycles. The summed E-state index contributed by atoms with van der Waals surface area (Å²) in [7, 11) is 3.21. The van der Waals surface area contributed by atoms with Crippen molar-refractivity contribution in [3.8, 4) is 17.2 Å². The summed E-state index contributed by atoms with van der Waals surface area (Å²) in [6.45, 7) is 2.82. The number of ether oxygens (including phenoxy) is 3. The number of carbonyl (C=O) groups is 2. The van der Waals surface area contributed by atoms with Crippen molar-refractivity contribution in [1.29, 1.82) is 0 Å². The second-order valence-corrected chi connectivity index (χ2v) is 9.35. The fraction of sp³-hybridized carbons (Fsp3) is 0.250. The predicted molar refractivity (Wildman–Crippen MR) is 146 cm³/mol. The van der Waals surface area contributed by atoms with Crippen LogP contribution in [0, 0.1) is 0 Å². The highest BCUT2D eigenvalue weighted by atomic mass is 32.2. The first-order valence-corrected chi connectivity index (χ1v) is 12.7. The molecule has 0 radical (unpaired) electrons. The Hall–Kier alpha value is -3.98. The molecule has 4 rings (SSSR count). The van der Waals surface area contributed by atoms with E-state index in [1.54, 1.807) is 43.4 Å². The third kappa shape index (κ3) is 6.83. The van der Waals surface area contributed by atoms with Crippen molar-refractivity contribution in [2.75, 3.05) is 26.1 Å². The topological polar surface area (TPSA) is 89.5 Å². The van der Waals surface area contributed by atoms with Crippen LogP contribution in [0.5, 0.6) is 17.2 Å². The maximum absolute atomic E-state index is 13.4. The van der Waals surface area contributed by atoms with Crippen molar-refractivity contribution in [1.82, 2.24) is 4.90 Å². The highest BCUT2D eigenvalue weighted by molar-refractivity contribution is 8.15. The standard InChI is InChI=1S/C28H29N3O5S/c1-4-36-24-15-9-20(10-16-24)29-26(32)17-25-27(33)31(18-19-5-11-22(34-2)12-6-19)28(37-25)30-21-7-13-23(35-3)14-8-21/h5-16,25H,4,17-18H2,1-3H3,(H,29,32)/t25-/m1/s1. The Morgan fingerprint density at radius 2 is 1.51 bits per heavy atom. The van der Waals surface area contributed by atoms with Crippen LogP contribution in [0.3, 0.4) is 0 Å². The summed E-state index contributed by atoms with van der Waals surface area (Å²) in [5.74, 6) is 1.79. The van der Waals surface area contributed by atoms with Gasteiger partial charge in [-0.25, -0.2) is 4.99 Å². The molecule has 1 aliphatic heterocycles. The number of thioether (sulfide) groups is 1. The van der Waals surface area contributed by atoms with Crippen LogP contribution in [-0.2, 0) is 16.1 Å². The number of benzene rings is 3. The van der Waals surface area contributed by atoms with E-state index in [-0.39, 0.29) is 18.2 Å². The first-order chi connectivity index (χ1) is 18.0. The molecule has 1 heterocycles. The molecule has 0 unspecified atom stereocenters. The molecule has 1 N–H and O–H groups in total. The van der Waals surface area contributed by atoms with Gasteiger partial charge in [-0.05, 0) is 73.2 Å². The van der Waals surface area contributed by atoms with Crippen molar-refractivity contribution in [3.05, 3.63) is 78.4 Å². The molecule has 2 amide bonds. The molecule has 1 fully saturated rings. The van der Waals surface area contributed by atoms with Crippen molar-refractivity contribution in [3.63, 3.8) is 0 Å². The molecule has 1 saturated heterocycles. The maximum atomic E-state index is 13.4. The molecule has 8 nitrogen and oxygen atoms in total. The molecular formula is C28H29N3O5S. The van der Waals surface area contributed by atoms with Crippen LogP contribution in [0.15, 0.2) is 77.8 Å². The van der Waals surface area contributed by atoms with Crippen LogP contribution < -0.4 is 19.5 Å². The number of methoxy groups -OCH3 is 2. The van der Waals surface area contributed by atoms with Crippen LogP contribution in [-0.4, -0.2) is 48.0 Å². The predicted octanol–water partition coefficient (Wildman–Crippen LogP) is 5.26. The summed E-state index contributed by atoms with van der Waals surface area (Å²) in [5.41, 5.74) is 2.26. The second-order valence-electron chi connectivity index (χ2n) is 8.18. The van der Waals surface area contributed by atoms with Gasteiger partial charge in [0.15, 0.2) is 5.17 Å². The lowest BCUT2D eigenvalue weighted by molar-refractivity contribution is -0.128. The van der Waals surface area contributed by atoms with E-state index in [2.05, 4.69) is 5.32 Å². The molecule has 9 heteroatoms. The summed E-state index contributed by atoms with van der Waals surface area (Å²) in [6, 6.07) is 22.0. The van der Waals surface area contributed by atoms with Crippen molar-refractivity contribution >= 4 is 40.1 Å². The quantitative estimate of drug-likeness (QED) is 0.393. The van der Waals surface area contributed by atoms with Gasteiger partial charge in [0.1, 0.15) is 22.5 Å². The minimum absolute atomic E-state index is 0.0253. The minimum atomic E-state index is -0.585. The number of rotatable bonds is 10. The van der Waals surface area contributed by atoms with Gasteiger partial charge in [0, 0.05) is 12.1 Å². The lowest BCUT2D eigenvalue weighted by Gasteiger charge is -2.17. The van der Waals surface area contributed by atoms with Crippen LogP contribution in [0.25, 0.3) is 0 Å². The summed E-state index contributed by atoms with van der Waals surface area (Å²) < 4.78 is 15.9. The van der Waals surface area contributed by atoms with E-state index >= 15 is 0 Å². The molecule has 1 atom stereocenters. The number of nitrogens with one attached hydrogen (secondary N) is 1. The average molecular weight is 520 g/mol. The fourth-order valence-electron chi connectivity index (χ4n) is 3.73. The van der Waals surface area contributed by atoms with E-state index < -0.39 is 5.25 Å². The largest absolute Gasteiger partial charge is 0.497 e. The Bertz CT molecular complexity index is 1240. The Balaban J connectivity index is 1.50. The number of aliphatic imine (C=N–C) groups is 1. The maximum Gasteiger partial charge on any atom is 0.242 e. The van der Waals surface area contributed by atoms with Gasteiger partial charge in [-0.15, -0.1) is 0 Å². The van der Waals surface area contributed by atoms with Gasteiger partial charge in [-0.3, -0.25) is 14.5 Å². The summed E-state index contributed by atoms with van der Waals surface area (Å²) in [5, 5.41) is 2.83. The summed E-state index contributed by atoms with van der Waals surface area (Å²) >= 11 is 1.30. The highest BCUT2D eigenvalue weighted by Gasteiger charge is 2.39.